The molecule has 0 saturated heterocycles. The largest absolute Gasteiger partial charge is 0.397 e. The van der Waals surface area contributed by atoms with Gasteiger partial charge >= 0.3 is 0 Å². The lowest BCUT2D eigenvalue weighted by molar-refractivity contribution is -0.114. The summed E-state index contributed by atoms with van der Waals surface area (Å²) in [5, 5.41) is 10.2. The number of benzene rings is 3. The van der Waals surface area contributed by atoms with Gasteiger partial charge in [-0.15, -0.1) is 0 Å². The van der Waals surface area contributed by atoms with E-state index in [1.807, 2.05) is 36.4 Å². The van der Waals surface area contributed by atoms with E-state index in [0.717, 1.165) is 40.7 Å². The van der Waals surface area contributed by atoms with Crippen molar-refractivity contribution in [1.29, 1.82) is 0 Å². The summed E-state index contributed by atoms with van der Waals surface area (Å²) in [7, 11) is 0. The van der Waals surface area contributed by atoms with E-state index in [2.05, 4.69) is 45.2 Å². The first-order valence-electron chi connectivity index (χ1n) is 11.3. The van der Waals surface area contributed by atoms with Gasteiger partial charge in [0.1, 0.15) is 5.69 Å². The number of aromatic amines is 1. The Morgan fingerprint density at radius 2 is 1.76 bits per heavy atom. The van der Waals surface area contributed by atoms with Gasteiger partial charge in [0.25, 0.3) is 5.91 Å². The van der Waals surface area contributed by atoms with Crippen LogP contribution < -0.4 is 21.7 Å². The number of fused-ring (bicyclic) bond motifs is 1. The van der Waals surface area contributed by atoms with Crippen LogP contribution in [0.4, 0.5) is 17.1 Å². The van der Waals surface area contributed by atoms with Gasteiger partial charge in [-0.05, 0) is 60.4 Å². The number of hydrogen-bond donors (Lipinski definition) is 5. The first-order chi connectivity index (χ1) is 16.4. The second kappa shape index (κ2) is 8.59. The Kier molecular flexibility index (Phi) is 5.45. The van der Waals surface area contributed by atoms with Crippen molar-refractivity contribution < 1.29 is 9.59 Å². The van der Waals surface area contributed by atoms with Crippen molar-refractivity contribution in [3.63, 3.8) is 0 Å². The zero-order valence-electron chi connectivity index (χ0n) is 18.9. The number of nitrogens with two attached hydrogens (primary N) is 1. The Morgan fingerprint density at radius 3 is 2.47 bits per heavy atom. The Balaban J connectivity index is 1.22. The standard InChI is InChI=1S/C27H27N5O2/c1-17(33)30-21-10-11-23-19(14-21)15-25(31-23)26(34)29-16-18-6-8-20(9-7-18)27(12-13-27)32-24-5-3-2-4-22(24)28/h2-11,14-15,31-32H,12-13,16,28H2,1H3,(H,29,34)(H,30,33). The molecule has 1 fully saturated rings. The summed E-state index contributed by atoms with van der Waals surface area (Å²) in [5.41, 5.74) is 12.0. The predicted octanol–water partition coefficient (Wildman–Crippen LogP) is 4.74. The minimum Gasteiger partial charge on any atom is -0.397 e. The zero-order chi connectivity index (χ0) is 23.7. The molecule has 4 aromatic rings. The first-order valence-corrected chi connectivity index (χ1v) is 11.3. The summed E-state index contributed by atoms with van der Waals surface area (Å²) in [6.45, 7) is 1.89. The molecule has 2 amide bonds. The number of rotatable bonds is 7. The molecule has 3 aromatic carbocycles. The van der Waals surface area contributed by atoms with Crippen LogP contribution in [0.25, 0.3) is 10.9 Å². The van der Waals surface area contributed by atoms with E-state index in [1.54, 1.807) is 12.1 Å². The van der Waals surface area contributed by atoms with Crippen molar-refractivity contribution in [3.05, 3.63) is 89.6 Å². The van der Waals surface area contributed by atoms with Crippen LogP contribution in [0.3, 0.4) is 0 Å². The van der Waals surface area contributed by atoms with E-state index in [9.17, 15) is 9.59 Å². The van der Waals surface area contributed by atoms with E-state index in [4.69, 9.17) is 5.73 Å². The fourth-order valence-corrected chi connectivity index (χ4v) is 4.23. The maximum Gasteiger partial charge on any atom is 0.267 e. The normalized spacial score (nSPS) is 13.9. The maximum absolute atomic E-state index is 12.7. The van der Waals surface area contributed by atoms with Gasteiger partial charge in [-0.2, -0.15) is 0 Å². The van der Waals surface area contributed by atoms with Gasteiger partial charge in [0.05, 0.1) is 16.9 Å². The number of anilines is 3. The van der Waals surface area contributed by atoms with Crippen LogP contribution in [-0.2, 0) is 16.9 Å². The number of aromatic nitrogens is 1. The molecular weight excluding hydrogens is 426 g/mol. The first kappa shape index (κ1) is 21.6. The van der Waals surface area contributed by atoms with Gasteiger partial charge in [-0.1, -0.05) is 36.4 Å². The monoisotopic (exact) mass is 453 g/mol. The van der Waals surface area contributed by atoms with E-state index in [-0.39, 0.29) is 17.4 Å². The van der Waals surface area contributed by atoms with Crippen molar-refractivity contribution in [1.82, 2.24) is 10.3 Å². The molecular formula is C27H27N5O2. The quantitative estimate of drug-likeness (QED) is 0.260. The highest BCUT2D eigenvalue weighted by atomic mass is 16.2. The van der Waals surface area contributed by atoms with Gasteiger partial charge in [-0.25, -0.2) is 0 Å². The molecule has 0 aliphatic heterocycles. The third kappa shape index (κ3) is 4.45. The molecule has 1 saturated carbocycles. The molecule has 0 radical (unpaired) electrons. The van der Waals surface area contributed by atoms with Crippen LogP contribution in [0.1, 0.15) is 41.4 Å². The van der Waals surface area contributed by atoms with Crippen molar-refractivity contribution in [2.24, 2.45) is 0 Å². The second-order valence-electron chi connectivity index (χ2n) is 8.84. The molecule has 1 aromatic heterocycles. The van der Waals surface area contributed by atoms with Gasteiger partial charge in [0, 0.05) is 30.1 Å². The van der Waals surface area contributed by atoms with Crippen LogP contribution in [0.5, 0.6) is 0 Å². The molecule has 34 heavy (non-hydrogen) atoms. The van der Waals surface area contributed by atoms with E-state index in [0.29, 0.717) is 17.9 Å². The van der Waals surface area contributed by atoms with E-state index >= 15 is 0 Å². The summed E-state index contributed by atoms with van der Waals surface area (Å²) >= 11 is 0. The molecule has 0 atom stereocenters. The zero-order valence-corrected chi connectivity index (χ0v) is 18.9. The molecule has 1 heterocycles. The number of H-pyrrole nitrogens is 1. The Morgan fingerprint density at radius 1 is 1.00 bits per heavy atom. The smallest absolute Gasteiger partial charge is 0.267 e. The summed E-state index contributed by atoms with van der Waals surface area (Å²) in [4.78, 5) is 27.1. The number of carbonyl (C=O) groups excluding carboxylic acids is 2. The van der Waals surface area contributed by atoms with Crippen molar-refractivity contribution in [2.45, 2.75) is 31.8 Å². The lowest BCUT2D eigenvalue weighted by Gasteiger charge is -2.21. The third-order valence-electron chi connectivity index (χ3n) is 6.23. The number of para-hydroxylation sites is 2. The highest BCUT2D eigenvalue weighted by Gasteiger charge is 2.44. The molecule has 7 heteroatoms. The molecule has 0 spiro atoms. The average Bonchev–Trinajstić information content (AvgIpc) is 3.48. The third-order valence-corrected chi connectivity index (χ3v) is 6.23. The number of hydrogen-bond acceptors (Lipinski definition) is 4. The van der Waals surface area contributed by atoms with Gasteiger partial charge in [-0.3, -0.25) is 9.59 Å². The highest BCUT2D eigenvalue weighted by molar-refractivity contribution is 5.99. The van der Waals surface area contributed by atoms with Crippen LogP contribution in [-0.4, -0.2) is 16.8 Å². The number of carbonyl (C=O) groups is 2. The van der Waals surface area contributed by atoms with Crippen LogP contribution in [0.15, 0.2) is 72.8 Å². The second-order valence-corrected chi connectivity index (χ2v) is 8.84. The van der Waals surface area contributed by atoms with Crippen molar-refractivity contribution >= 4 is 39.8 Å². The number of nitrogens with one attached hydrogen (secondary N) is 4. The van der Waals surface area contributed by atoms with E-state index < -0.39 is 0 Å². The SMILES string of the molecule is CC(=O)Nc1ccc2[nH]c(C(=O)NCc3ccc(C4(Nc5ccccc5N)CC4)cc3)cc2c1. The minimum absolute atomic E-state index is 0.0717. The molecule has 1 aliphatic rings. The fourth-order valence-electron chi connectivity index (χ4n) is 4.23. The van der Waals surface area contributed by atoms with Crippen LogP contribution in [0.2, 0.25) is 0 Å². The average molecular weight is 454 g/mol. The van der Waals surface area contributed by atoms with Gasteiger partial charge < -0.3 is 26.7 Å². The molecule has 172 valence electrons. The lowest BCUT2D eigenvalue weighted by Crippen LogP contribution is -2.23. The molecule has 6 N–H and O–H groups in total. The molecule has 1 aliphatic carbocycles. The van der Waals surface area contributed by atoms with Gasteiger partial charge in [0.15, 0.2) is 0 Å². The molecule has 7 nitrogen and oxygen atoms in total. The predicted molar refractivity (Wildman–Crippen MR) is 136 cm³/mol. The summed E-state index contributed by atoms with van der Waals surface area (Å²) in [5.74, 6) is -0.312. The van der Waals surface area contributed by atoms with Gasteiger partial charge in [0.2, 0.25) is 5.91 Å². The number of amides is 2. The summed E-state index contributed by atoms with van der Waals surface area (Å²) < 4.78 is 0. The van der Waals surface area contributed by atoms with Crippen molar-refractivity contribution in [2.75, 3.05) is 16.4 Å². The van der Waals surface area contributed by atoms with Crippen LogP contribution >= 0.6 is 0 Å². The lowest BCUT2D eigenvalue weighted by atomic mass is 10.0. The maximum atomic E-state index is 12.7. The molecule has 0 bridgehead atoms. The Bertz CT molecular complexity index is 1370. The Labute approximate surface area is 197 Å². The summed E-state index contributed by atoms with van der Waals surface area (Å²) in [6, 6.07) is 23.4. The van der Waals surface area contributed by atoms with Crippen molar-refractivity contribution in [3.8, 4) is 0 Å². The highest BCUT2D eigenvalue weighted by Crippen LogP contribution is 2.49. The topological polar surface area (TPSA) is 112 Å². The summed E-state index contributed by atoms with van der Waals surface area (Å²) in [6.07, 6.45) is 2.11. The fraction of sp³-hybridized carbons (Fsp3) is 0.185. The Hall–Kier alpha value is -4.26. The van der Waals surface area contributed by atoms with E-state index in [1.165, 1.54) is 12.5 Å². The molecule has 0 unspecified atom stereocenters. The van der Waals surface area contributed by atoms with Crippen LogP contribution in [0, 0.1) is 0 Å². The molecule has 5 rings (SSSR count). The number of nitrogen functional groups attached to an aromatic ring is 1. The minimum atomic E-state index is -0.179.